The summed E-state index contributed by atoms with van der Waals surface area (Å²) in [5.74, 6) is -0.992. The summed E-state index contributed by atoms with van der Waals surface area (Å²) in [6.45, 7) is 0. The molecular formula is C7H3ClF5NO. The normalized spacial score (nSPS) is 12.2. The molecule has 1 heterocycles. The predicted octanol–water partition coefficient (Wildman–Crippen LogP) is 3.40. The van der Waals surface area contributed by atoms with Crippen molar-refractivity contribution in [2.24, 2.45) is 0 Å². The van der Waals surface area contributed by atoms with Crippen LogP contribution in [0.25, 0.3) is 0 Å². The standard InChI is InChI=1S/C7H3ClF5NO/c8-4-2(15)1-14-5(6(9)10)3(4)7(11,12)13/h1,6,15H. The summed E-state index contributed by atoms with van der Waals surface area (Å²) in [6, 6.07) is 0. The summed E-state index contributed by atoms with van der Waals surface area (Å²) in [5.41, 5.74) is -3.30. The molecule has 0 fully saturated rings. The van der Waals surface area contributed by atoms with Crippen LogP contribution in [0.3, 0.4) is 0 Å². The van der Waals surface area contributed by atoms with Gasteiger partial charge in [0.05, 0.1) is 11.2 Å². The van der Waals surface area contributed by atoms with Crippen molar-refractivity contribution in [3.05, 3.63) is 22.5 Å². The zero-order valence-electron chi connectivity index (χ0n) is 6.82. The van der Waals surface area contributed by atoms with Crippen LogP contribution in [0.5, 0.6) is 5.75 Å². The van der Waals surface area contributed by atoms with Crippen molar-refractivity contribution in [1.29, 1.82) is 0 Å². The molecule has 0 saturated heterocycles. The minimum Gasteiger partial charge on any atom is -0.505 e. The van der Waals surface area contributed by atoms with E-state index in [1.54, 1.807) is 0 Å². The van der Waals surface area contributed by atoms with E-state index in [1.807, 2.05) is 0 Å². The zero-order chi connectivity index (χ0) is 11.8. The Bertz CT molecular complexity index is 378. The van der Waals surface area contributed by atoms with Gasteiger partial charge in [0.1, 0.15) is 11.3 Å². The zero-order valence-corrected chi connectivity index (χ0v) is 7.57. The van der Waals surface area contributed by atoms with Crippen molar-refractivity contribution in [3.8, 4) is 5.75 Å². The Hall–Kier alpha value is -1.11. The molecule has 15 heavy (non-hydrogen) atoms. The van der Waals surface area contributed by atoms with Gasteiger partial charge in [-0.1, -0.05) is 11.6 Å². The summed E-state index contributed by atoms with van der Waals surface area (Å²) in [7, 11) is 0. The van der Waals surface area contributed by atoms with Gasteiger partial charge in [-0.3, -0.25) is 4.98 Å². The van der Waals surface area contributed by atoms with Crippen LogP contribution in [0.4, 0.5) is 22.0 Å². The van der Waals surface area contributed by atoms with E-state index in [4.69, 9.17) is 16.7 Å². The van der Waals surface area contributed by atoms with Gasteiger partial charge >= 0.3 is 6.18 Å². The first kappa shape index (κ1) is 12.0. The highest BCUT2D eigenvalue weighted by Crippen LogP contribution is 2.42. The van der Waals surface area contributed by atoms with Crippen molar-refractivity contribution < 1.29 is 27.1 Å². The molecule has 1 aromatic rings. The van der Waals surface area contributed by atoms with Crippen molar-refractivity contribution >= 4 is 11.6 Å². The van der Waals surface area contributed by atoms with Crippen molar-refractivity contribution in [2.45, 2.75) is 12.6 Å². The third-order valence-corrected chi connectivity index (χ3v) is 1.90. The SMILES string of the molecule is Oc1cnc(C(F)F)c(C(F)(F)F)c1Cl. The second-order valence-corrected chi connectivity index (χ2v) is 2.89. The van der Waals surface area contributed by atoms with Crippen molar-refractivity contribution in [3.63, 3.8) is 0 Å². The second-order valence-electron chi connectivity index (χ2n) is 2.52. The molecule has 0 spiro atoms. The molecular weight excluding hydrogens is 245 g/mol. The van der Waals surface area contributed by atoms with Gasteiger partial charge in [-0.25, -0.2) is 8.78 Å². The van der Waals surface area contributed by atoms with Crippen LogP contribution >= 0.6 is 11.6 Å². The molecule has 8 heteroatoms. The highest BCUT2D eigenvalue weighted by Gasteiger charge is 2.40. The monoisotopic (exact) mass is 247 g/mol. The minimum atomic E-state index is -5.09. The molecule has 1 rings (SSSR count). The van der Waals surface area contributed by atoms with E-state index in [9.17, 15) is 22.0 Å². The highest BCUT2D eigenvalue weighted by molar-refractivity contribution is 6.32. The number of halogens is 6. The van der Waals surface area contributed by atoms with Gasteiger partial charge in [0.2, 0.25) is 0 Å². The molecule has 0 radical (unpaired) electrons. The van der Waals surface area contributed by atoms with Gasteiger partial charge in [-0.05, 0) is 0 Å². The van der Waals surface area contributed by atoms with Crippen LogP contribution in [-0.4, -0.2) is 10.1 Å². The molecule has 0 amide bonds. The maximum atomic E-state index is 12.3. The van der Waals surface area contributed by atoms with E-state index in [0.717, 1.165) is 0 Å². The molecule has 0 saturated carbocycles. The van der Waals surface area contributed by atoms with Gasteiger partial charge < -0.3 is 5.11 Å². The number of rotatable bonds is 1. The van der Waals surface area contributed by atoms with E-state index in [2.05, 4.69) is 4.98 Å². The third-order valence-electron chi connectivity index (χ3n) is 1.52. The number of aromatic hydroxyl groups is 1. The lowest BCUT2D eigenvalue weighted by Crippen LogP contribution is -2.12. The third kappa shape index (κ3) is 2.28. The van der Waals surface area contributed by atoms with Crippen LogP contribution in [0, 0.1) is 0 Å². The average molecular weight is 248 g/mol. The molecule has 0 aromatic carbocycles. The molecule has 0 unspecified atom stereocenters. The largest absolute Gasteiger partial charge is 0.505 e. The maximum absolute atomic E-state index is 12.3. The summed E-state index contributed by atoms with van der Waals surface area (Å²) < 4.78 is 61.2. The van der Waals surface area contributed by atoms with E-state index in [0.29, 0.717) is 6.20 Å². The van der Waals surface area contributed by atoms with Crippen molar-refractivity contribution in [1.82, 2.24) is 4.98 Å². The van der Waals surface area contributed by atoms with E-state index < -0.39 is 34.6 Å². The number of pyridine rings is 1. The molecule has 0 aliphatic carbocycles. The first-order valence-electron chi connectivity index (χ1n) is 3.48. The molecule has 84 valence electrons. The van der Waals surface area contributed by atoms with Crippen LogP contribution < -0.4 is 0 Å². The van der Waals surface area contributed by atoms with Crippen LogP contribution in [-0.2, 0) is 6.18 Å². The molecule has 0 atom stereocenters. The van der Waals surface area contributed by atoms with Crippen LogP contribution in [0.2, 0.25) is 5.02 Å². The Balaban J connectivity index is 3.49. The molecule has 0 aliphatic rings. The van der Waals surface area contributed by atoms with E-state index in [-0.39, 0.29) is 0 Å². The number of nitrogens with zero attached hydrogens (tertiary/aromatic N) is 1. The maximum Gasteiger partial charge on any atom is 0.419 e. The lowest BCUT2D eigenvalue weighted by molar-refractivity contribution is -0.139. The summed E-state index contributed by atoms with van der Waals surface area (Å²) >= 11 is 5.08. The van der Waals surface area contributed by atoms with Gasteiger partial charge in [-0.15, -0.1) is 0 Å². The lowest BCUT2D eigenvalue weighted by atomic mass is 10.2. The fraction of sp³-hybridized carbons (Fsp3) is 0.286. The Morgan fingerprint density at radius 2 is 1.87 bits per heavy atom. The van der Waals surface area contributed by atoms with Gasteiger partial charge in [0, 0.05) is 0 Å². The fourth-order valence-corrected chi connectivity index (χ4v) is 1.18. The van der Waals surface area contributed by atoms with Gasteiger partial charge in [0.25, 0.3) is 6.43 Å². The first-order chi connectivity index (χ1) is 6.75. The lowest BCUT2D eigenvalue weighted by Gasteiger charge is -2.13. The highest BCUT2D eigenvalue weighted by atomic mass is 35.5. The van der Waals surface area contributed by atoms with Crippen molar-refractivity contribution in [2.75, 3.05) is 0 Å². The molecule has 1 N–H and O–H groups in total. The van der Waals surface area contributed by atoms with Crippen LogP contribution in [0.15, 0.2) is 6.20 Å². The Morgan fingerprint density at radius 1 is 1.33 bits per heavy atom. The number of hydrogen-bond acceptors (Lipinski definition) is 2. The predicted molar refractivity (Wildman–Crippen MR) is 40.9 cm³/mol. The molecule has 1 aromatic heterocycles. The fourth-order valence-electron chi connectivity index (χ4n) is 0.928. The summed E-state index contributed by atoms with van der Waals surface area (Å²) in [5, 5.41) is 7.66. The quantitative estimate of drug-likeness (QED) is 0.772. The van der Waals surface area contributed by atoms with Gasteiger partial charge in [-0.2, -0.15) is 13.2 Å². The summed E-state index contributed by atoms with van der Waals surface area (Å²) in [6.07, 6.45) is -8.06. The molecule has 0 bridgehead atoms. The number of alkyl halides is 5. The topological polar surface area (TPSA) is 33.1 Å². The molecule has 2 nitrogen and oxygen atoms in total. The Kier molecular flexibility index (Phi) is 3.03. The first-order valence-corrected chi connectivity index (χ1v) is 3.85. The average Bonchev–Trinajstić information content (AvgIpc) is 2.06. The number of hydrogen-bond donors (Lipinski definition) is 1. The minimum absolute atomic E-state index is 0.444. The smallest absolute Gasteiger partial charge is 0.419 e. The Labute approximate surface area is 85.3 Å². The second kappa shape index (κ2) is 3.80. The summed E-state index contributed by atoms with van der Waals surface area (Å²) in [4.78, 5) is 2.80. The molecule has 0 aliphatic heterocycles. The van der Waals surface area contributed by atoms with Crippen LogP contribution in [0.1, 0.15) is 17.7 Å². The van der Waals surface area contributed by atoms with E-state index >= 15 is 0 Å². The Morgan fingerprint density at radius 3 is 2.27 bits per heavy atom. The van der Waals surface area contributed by atoms with E-state index in [1.165, 1.54) is 0 Å². The number of aromatic nitrogens is 1. The van der Waals surface area contributed by atoms with Gasteiger partial charge in [0.15, 0.2) is 5.75 Å².